The summed E-state index contributed by atoms with van der Waals surface area (Å²) in [6.45, 7) is 2.61. The van der Waals surface area contributed by atoms with Crippen molar-refractivity contribution in [1.82, 2.24) is 9.88 Å². The fraction of sp³-hybridized carbons (Fsp3) is 0.357. The fourth-order valence-electron chi connectivity index (χ4n) is 2.37. The molecule has 0 bridgehead atoms. The molecule has 3 rings (SSSR count). The van der Waals surface area contributed by atoms with Crippen LogP contribution in [-0.2, 0) is 6.54 Å². The van der Waals surface area contributed by atoms with Crippen LogP contribution in [0.2, 0.25) is 0 Å². The standard InChI is InChI=1S/C14H16FN3O/c15-11-3-1-2-10(6-11)14-17-13(9-19-14)8-18-5-4-12(16)7-18/h1-3,6,9,12H,4-5,7-8,16H2/t12-/m0/s1. The van der Waals surface area contributed by atoms with Crippen molar-refractivity contribution in [3.05, 3.63) is 42.0 Å². The van der Waals surface area contributed by atoms with Gasteiger partial charge in [-0.15, -0.1) is 0 Å². The molecular formula is C14H16FN3O. The Hall–Kier alpha value is -1.72. The maximum absolute atomic E-state index is 13.1. The second kappa shape index (κ2) is 5.11. The van der Waals surface area contributed by atoms with Crippen molar-refractivity contribution in [2.24, 2.45) is 5.73 Å². The Balaban J connectivity index is 1.73. The average molecular weight is 261 g/mol. The van der Waals surface area contributed by atoms with E-state index in [0.29, 0.717) is 11.5 Å². The second-order valence-electron chi connectivity index (χ2n) is 4.94. The summed E-state index contributed by atoms with van der Waals surface area (Å²) >= 11 is 0. The molecular weight excluding hydrogens is 245 g/mol. The zero-order chi connectivity index (χ0) is 13.2. The number of halogens is 1. The van der Waals surface area contributed by atoms with Crippen molar-refractivity contribution in [2.75, 3.05) is 13.1 Å². The number of hydrogen-bond donors (Lipinski definition) is 1. The third kappa shape index (κ3) is 2.83. The van der Waals surface area contributed by atoms with Crippen molar-refractivity contribution >= 4 is 0 Å². The van der Waals surface area contributed by atoms with Gasteiger partial charge in [0.25, 0.3) is 0 Å². The molecule has 19 heavy (non-hydrogen) atoms. The molecule has 1 aliphatic rings. The van der Waals surface area contributed by atoms with Gasteiger partial charge < -0.3 is 10.2 Å². The monoisotopic (exact) mass is 261 g/mol. The van der Waals surface area contributed by atoms with E-state index in [1.807, 2.05) is 0 Å². The lowest BCUT2D eigenvalue weighted by Gasteiger charge is -2.12. The summed E-state index contributed by atoms with van der Waals surface area (Å²) in [4.78, 5) is 6.64. The highest BCUT2D eigenvalue weighted by Gasteiger charge is 2.20. The number of likely N-dealkylation sites (tertiary alicyclic amines) is 1. The summed E-state index contributed by atoms with van der Waals surface area (Å²) in [5.74, 6) is 0.167. The predicted octanol–water partition coefficient (Wildman–Crippen LogP) is 2.01. The number of oxazole rings is 1. The summed E-state index contributed by atoms with van der Waals surface area (Å²) in [5, 5.41) is 0. The van der Waals surface area contributed by atoms with Gasteiger partial charge in [0.05, 0.1) is 5.69 Å². The number of nitrogens with zero attached hydrogens (tertiary/aromatic N) is 2. The van der Waals surface area contributed by atoms with Gasteiger partial charge in [-0.25, -0.2) is 9.37 Å². The Morgan fingerprint density at radius 3 is 3.11 bits per heavy atom. The topological polar surface area (TPSA) is 55.3 Å². The molecule has 1 saturated heterocycles. The van der Waals surface area contributed by atoms with E-state index < -0.39 is 0 Å². The molecule has 5 heteroatoms. The third-order valence-corrected chi connectivity index (χ3v) is 3.32. The maximum Gasteiger partial charge on any atom is 0.226 e. The van der Waals surface area contributed by atoms with E-state index in [9.17, 15) is 4.39 Å². The minimum absolute atomic E-state index is 0.259. The van der Waals surface area contributed by atoms with Gasteiger partial charge in [-0.3, -0.25) is 4.90 Å². The van der Waals surface area contributed by atoms with Crippen LogP contribution in [0.3, 0.4) is 0 Å². The van der Waals surface area contributed by atoms with Crippen LogP contribution >= 0.6 is 0 Å². The van der Waals surface area contributed by atoms with Crippen LogP contribution in [0, 0.1) is 5.82 Å². The molecule has 0 radical (unpaired) electrons. The quantitative estimate of drug-likeness (QED) is 0.918. The van der Waals surface area contributed by atoms with E-state index in [-0.39, 0.29) is 11.9 Å². The molecule has 100 valence electrons. The van der Waals surface area contributed by atoms with E-state index in [2.05, 4.69) is 9.88 Å². The first-order chi connectivity index (χ1) is 9.20. The van der Waals surface area contributed by atoms with Crippen molar-refractivity contribution in [1.29, 1.82) is 0 Å². The number of rotatable bonds is 3. The van der Waals surface area contributed by atoms with Gasteiger partial charge in [0, 0.05) is 31.2 Å². The molecule has 0 saturated carbocycles. The van der Waals surface area contributed by atoms with E-state index in [4.69, 9.17) is 10.2 Å². The second-order valence-corrected chi connectivity index (χ2v) is 4.94. The molecule has 1 aromatic heterocycles. The number of nitrogens with two attached hydrogens (primary N) is 1. The molecule has 1 aliphatic heterocycles. The van der Waals surface area contributed by atoms with Crippen LogP contribution in [0.5, 0.6) is 0 Å². The highest BCUT2D eigenvalue weighted by atomic mass is 19.1. The van der Waals surface area contributed by atoms with Gasteiger partial charge in [0.2, 0.25) is 5.89 Å². The van der Waals surface area contributed by atoms with Gasteiger partial charge in [0.1, 0.15) is 12.1 Å². The minimum atomic E-state index is -0.289. The normalized spacial score (nSPS) is 20.0. The van der Waals surface area contributed by atoms with Crippen molar-refractivity contribution < 1.29 is 8.81 Å². The SMILES string of the molecule is N[C@H]1CCN(Cc2coc(-c3cccc(F)c3)n2)C1. The molecule has 0 aliphatic carbocycles. The highest BCUT2D eigenvalue weighted by Crippen LogP contribution is 2.20. The van der Waals surface area contributed by atoms with Crippen LogP contribution < -0.4 is 5.73 Å². The Morgan fingerprint density at radius 2 is 2.37 bits per heavy atom. The molecule has 0 spiro atoms. The number of benzene rings is 1. The summed E-state index contributed by atoms with van der Waals surface area (Å²) in [7, 11) is 0. The Labute approximate surface area is 111 Å². The van der Waals surface area contributed by atoms with Gasteiger partial charge in [0.15, 0.2) is 0 Å². The third-order valence-electron chi connectivity index (χ3n) is 3.32. The van der Waals surface area contributed by atoms with E-state index in [0.717, 1.165) is 31.7 Å². The lowest BCUT2D eigenvalue weighted by atomic mass is 10.2. The van der Waals surface area contributed by atoms with Gasteiger partial charge in [-0.1, -0.05) is 6.07 Å². The minimum Gasteiger partial charge on any atom is -0.444 e. The summed E-state index contributed by atoms with van der Waals surface area (Å²) in [5.41, 5.74) is 7.38. The van der Waals surface area contributed by atoms with E-state index >= 15 is 0 Å². The van der Waals surface area contributed by atoms with Crippen LogP contribution in [-0.4, -0.2) is 29.0 Å². The Kier molecular flexibility index (Phi) is 3.31. The van der Waals surface area contributed by atoms with Crippen LogP contribution in [0.15, 0.2) is 34.9 Å². The van der Waals surface area contributed by atoms with E-state index in [1.54, 1.807) is 18.4 Å². The molecule has 0 amide bonds. The molecule has 2 aromatic rings. The first-order valence-corrected chi connectivity index (χ1v) is 6.39. The number of hydrogen-bond acceptors (Lipinski definition) is 4. The smallest absolute Gasteiger partial charge is 0.226 e. The molecule has 1 aromatic carbocycles. The lowest BCUT2D eigenvalue weighted by molar-refractivity contribution is 0.322. The van der Waals surface area contributed by atoms with Crippen molar-refractivity contribution in [3.63, 3.8) is 0 Å². The zero-order valence-electron chi connectivity index (χ0n) is 10.6. The lowest BCUT2D eigenvalue weighted by Crippen LogP contribution is -2.26. The average Bonchev–Trinajstić information content (AvgIpc) is 2.99. The van der Waals surface area contributed by atoms with E-state index in [1.165, 1.54) is 12.1 Å². The van der Waals surface area contributed by atoms with Crippen LogP contribution in [0.25, 0.3) is 11.5 Å². The first-order valence-electron chi connectivity index (χ1n) is 6.39. The van der Waals surface area contributed by atoms with Crippen LogP contribution in [0.4, 0.5) is 4.39 Å². The predicted molar refractivity (Wildman–Crippen MR) is 69.8 cm³/mol. The van der Waals surface area contributed by atoms with Crippen molar-refractivity contribution in [2.45, 2.75) is 19.0 Å². The highest BCUT2D eigenvalue weighted by molar-refractivity contribution is 5.52. The summed E-state index contributed by atoms with van der Waals surface area (Å²) in [6, 6.07) is 6.51. The van der Waals surface area contributed by atoms with Gasteiger partial charge in [-0.05, 0) is 24.6 Å². The number of aromatic nitrogens is 1. The van der Waals surface area contributed by atoms with Crippen molar-refractivity contribution in [3.8, 4) is 11.5 Å². The fourth-order valence-corrected chi connectivity index (χ4v) is 2.37. The summed E-state index contributed by atoms with van der Waals surface area (Å²) in [6.07, 6.45) is 2.65. The van der Waals surface area contributed by atoms with Crippen LogP contribution in [0.1, 0.15) is 12.1 Å². The largest absolute Gasteiger partial charge is 0.444 e. The van der Waals surface area contributed by atoms with Gasteiger partial charge in [-0.2, -0.15) is 0 Å². The zero-order valence-corrected chi connectivity index (χ0v) is 10.6. The molecule has 4 nitrogen and oxygen atoms in total. The molecule has 1 fully saturated rings. The summed E-state index contributed by atoms with van der Waals surface area (Å²) < 4.78 is 18.5. The Bertz CT molecular complexity index is 569. The molecule has 2 heterocycles. The Morgan fingerprint density at radius 1 is 1.47 bits per heavy atom. The van der Waals surface area contributed by atoms with Gasteiger partial charge >= 0.3 is 0 Å². The molecule has 0 unspecified atom stereocenters. The first kappa shape index (κ1) is 12.3. The molecule has 2 N–H and O–H groups in total. The maximum atomic E-state index is 13.1. The molecule has 1 atom stereocenters.